The van der Waals surface area contributed by atoms with Gasteiger partial charge in [-0.2, -0.15) is 0 Å². The predicted molar refractivity (Wildman–Crippen MR) is 100 cm³/mol. The second-order valence-corrected chi connectivity index (χ2v) is 10.4. The average Bonchev–Trinajstić information content (AvgIpc) is 3.35. The number of carbonyl (C=O) groups is 2. The number of hydrogen-bond donors (Lipinski definition) is 0. The number of benzene rings is 1. The summed E-state index contributed by atoms with van der Waals surface area (Å²) in [4.78, 5) is 29.2. The molecule has 0 bridgehead atoms. The minimum absolute atomic E-state index is 0.0932. The Hall–Kier alpha value is -1.93. The summed E-state index contributed by atoms with van der Waals surface area (Å²) in [6.45, 7) is 1.16. The summed E-state index contributed by atoms with van der Waals surface area (Å²) >= 11 is 0. The van der Waals surface area contributed by atoms with Gasteiger partial charge in [-0.25, -0.2) is 12.7 Å². The van der Waals surface area contributed by atoms with Crippen LogP contribution in [0.3, 0.4) is 0 Å². The number of likely N-dealkylation sites (tertiary alicyclic amines) is 1. The SMILES string of the molecule is CN(C)C(=O)[C@]12CN(C(=O)c3ccccc3)C[C@H]1CN(S(=O)(=O)C1CC1)C2. The van der Waals surface area contributed by atoms with Crippen molar-refractivity contribution in [3.8, 4) is 0 Å². The molecule has 8 heteroatoms. The number of fused-ring (bicyclic) bond motifs is 1. The fraction of sp³-hybridized carbons (Fsp3) is 0.579. The highest BCUT2D eigenvalue weighted by atomic mass is 32.2. The molecule has 0 unspecified atom stereocenters. The van der Waals surface area contributed by atoms with Crippen molar-refractivity contribution in [2.75, 3.05) is 40.3 Å². The molecule has 27 heavy (non-hydrogen) atoms. The molecule has 3 aliphatic rings. The largest absolute Gasteiger partial charge is 0.348 e. The van der Waals surface area contributed by atoms with Crippen molar-refractivity contribution in [3.63, 3.8) is 0 Å². The Balaban J connectivity index is 1.61. The van der Waals surface area contributed by atoms with Crippen LogP contribution >= 0.6 is 0 Å². The van der Waals surface area contributed by atoms with Crippen LogP contribution in [0, 0.1) is 11.3 Å². The number of sulfonamides is 1. The van der Waals surface area contributed by atoms with E-state index in [2.05, 4.69) is 0 Å². The first kappa shape index (κ1) is 18.4. The average molecular weight is 391 g/mol. The number of amides is 2. The monoisotopic (exact) mass is 391 g/mol. The van der Waals surface area contributed by atoms with Gasteiger partial charge in [0, 0.05) is 51.8 Å². The summed E-state index contributed by atoms with van der Waals surface area (Å²) in [6.07, 6.45) is 1.41. The minimum Gasteiger partial charge on any atom is -0.348 e. The van der Waals surface area contributed by atoms with E-state index in [-0.39, 0.29) is 36.1 Å². The van der Waals surface area contributed by atoms with Gasteiger partial charge in [0.2, 0.25) is 15.9 Å². The molecule has 4 rings (SSSR count). The van der Waals surface area contributed by atoms with Gasteiger partial charge in [0.15, 0.2) is 0 Å². The molecule has 7 nitrogen and oxygen atoms in total. The summed E-state index contributed by atoms with van der Waals surface area (Å²) in [5.41, 5.74) is -0.261. The Morgan fingerprint density at radius 2 is 1.74 bits per heavy atom. The van der Waals surface area contributed by atoms with Crippen molar-refractivity contribution in [1.82, 2.24) is 14.1 Å². The smallest absolute Gasteiger partial charge is 0.253 e. The molecular weight excluding hydrogens is 366 g/mol. The third-order valence-corrected chi connectivity index (χ3v) is 8.34. The highest BCUT2D eigenvalue weighted by molar-refractivity contribution is 7.90. The molecule has 3 fully saturated rings. The van der Waals surface area contributed by atoms with E-state index < -0.39 is 15.4 Å². The molecule has 0 radical (unpaired) electrons. The van der Waals surface area contributed by atoms with Gasteiger partial charge in [-0.3, -0.25) is 9.59 Å². The lowest BCUT2D eigenvalue weighted by atomic mass is 9.80. The van der Waals surface area contributed by atoms with Crippen LogP contribution in [-0.4, -0.2) is 79.9 Å². The maximum atomic E-state index is 13.1. The molecule has 0 spiro atoms. The zero-order valence-corrected chi connectivity index (χ0v) is 16.5. The van der Waals surface area contributed by atoms with Crippen LogP contribution in [0.2, 0.25) is 0 Å². The second kappa shape index (κ2) is 6.31. The number of nitrogens with zero attached hydrogens (tertiary/aromatic N) is 3. The van der Waals surface area contributed by atoms with Crippen molar-refractivity contribution in [1.29, 1.82) is 0 Å². The van der Waals surface area contributed by atoms with Crippen molar-refractivity contribution in [2.45, 2.75) is 18.1 Å². The second-order valence-electron chi connectivity index (χ2n) is 8.14. The Morgan fingerprint density at radius 1 is 1.07 bits per heavy atom. The van der Waals surface area contributed by atoms with Crippen LogP contribution in [0.25, 0.3) is 0 Å². The third-order valence-electron chi connectivity index (χ3n) is 6.02. The standard InChI is InChI=1S/C19H25N3O4S/c1-20(2)18(24)19-12-21(17(23)14-6-4-3-5-7-14)10-15(19)11-22(13-19)27(25,26)16-8-9-16/h3-7,15-16H,8-13H2,1-2H3/t15-,19-/m0/s1. The third kappa shape index (κ3) is 2.95. The van der Waals surface area contributed by atoms with E-state index in [0.29, 0.717) is 31.5 Å². The minimum atomic E-state index is -3.34. The van der Waals surface area contributed by atoms with E-state index >= 15 is 0 Å². The van der Waals surface area contributed by atoms with E-state index in [1.807, 2.05) is 18.2 Å². The molecule has 0 aromatic heterocycles. The lowest BCUT2D eigenvalue weighted by molar-refractivity contribution is -0.139. The highest BCUT2D eigenvalue weighted by Gasteiger charge is 2.61. The lowest BCUT2D eigenvalue weighted by Crippen LogP contribution is -2.48. The fourth-order valence-electron chi connectivity index (χ4n) is 4.46. The zero-order valence-electron chi connectivity index (χ0n) is 15.7. The molecular formula is C19H25N3O4S. The van der Waals surface area contributed by atoms with Crippen molar-refractivity contribution < 1.29 is 18.0 Å². The van der Waals surface area contributed by atoms with Gasteiger partial charge in [-0.1, -0.05) is 18.2 Å². The molecule has 2 atom stereocenters. The van der Waals surface area contributed by atoms with Gasteiger partial charge in [-0.05, 0) is 25.0 Å². The van der Waals surface area contributed by atoms with E-state index in [4.69, 9.17) is 0 Å². The van der Waals surface area contributed by atoms with Gasteiger partial charge in [-0.15, -0.1) is 0 Å². The molecule has 1 aromatic carbocycles. The summed E-state index contributed by atoms with van der Waals surface area (Å²) < 4.78 is 26.9. The number of hydrogen-bond acceptors (Lipinski definition) is 4. The maximum Gasteiger partial charge on any atom is 0.253 e. The van der Waals surface area contributed by atoms with Crippen LogP contribution < -0.4 is 0 Å². The van der Waals surface area contributed by atoms with Crippen molar-refractivity contribution >= 4 is 21.8 Å². The summed E-state index contributed by atoms with van der Waals surface area (Å²) in [5, 5.41) is -0.287. The fourth-order valence-corrected chi connectivity index (χ4v) is 6.41. The van der Waals surface area contributed by atoms with Crippen LogP contribution in [-0.2, 0) is 14.8 Å². The van der Waals surface area contributed by atoms with Gasteiger partial charge in [0.1, 0.15) is 0 Å². The number of rotatable bonds is 4. The Kier molecular flexibility index (Phi) is 4.31. The molecule has 2 aliphatic heterocycles. The summed E-state index contributed by atoms with van der Waals surface area (Å²) in [5.74, 6) is -0.370. The Labute approximate surface area is 160 Å². The highest BCUT2D eigenvalue weighted by Crippen LogP contribution is 2.46. The molecule has 146 valence electrons. The first-order valence-electron chi connectivity index (χ1n) is 9.31. The van der Waals surface area contributed by atoms with E-state index in [0.717, 1.165) is 0 Å². The molecule has 0 N–H and O–H groups in total. The number of carbonyl (C=O) groups excluding carboxylic acids is 2. The van der Waals surface area contributed by atoms with E-state index in [1.165, 1.54) is 9.21 Å². The molecule has 1 saturated carbocycles. The van der Waals surface area contributed by atoms with Crippen LogP contribution in [0.4, 0.5) is 0 Å². The van der Waals surface area contributed by atoms with Crippen LogP contribution in [0.1, 0.15) is 23.2 Å². The molecule has 2 saturated heterocycles. The van der Waals surface area contributed by atoms with E-state index in [1.54, 1.807) is 31.1 Å². The zero-order chi connectivity index (χ0) is 19.4. The molecule has 2 amide bonds. The van der Waals surface area contributed by atoms with Gasteiger partial charge in [0.05, 0.1) is 10.7 Å². The quantitative estimate of drug-likeness (QED) is 0.755. The normalized spacial score (nSPS) is 28.2. The lowest BCUT2D eigenvalue weighted by Gasteiger charge is -2.30. The van der Waals surface area contributed by atoms with Gasteiger partial charge < -0.3 is 9.80 Å². The van der Waals surface area contributed by atoms with Crippen LogP contribution in [0.15, 0.2) is 30.3 Å². The van der Waals surface area contributed by atoms with Crippen molar-refractivity contribution in [3.05, 3.63) is 35.9 Å². The topological polar surface area (TPSA) is 78.0 Å². The van der Waals surface area contributed by atoms with E-state index in [9.17, 15) is 18.0 Å². The van der Waals surface area contributed by atoms with Crippen LogP contribution in [0.5, 0.6) is 0 Å². The molecule has 1 aromatic rings. The molecule has 2 heterocycles. The molecule has 1 aliphatic carbocycles. The van der Waals surface area contributed by atoms with Crippen molar-refractivity contribution in [2.24, 2.45) is 11.3 Å². The first-order chi connectivity index (χ1) is 12.8. The maximum absolute atomic E-state index is 13.1. The van der Waals surface area contributed by atoms with Gasteiger partial charge >= 0.3 is 0 Å². The predicted octanol–water partition coefficient (Wildman–Crippen LogP) is 0.641. The van der Waals surface area contributed by atoms with Gasteiger partial charge in [0.25, 0.3) is 5.91 Å². The summed E-state index contributed by atoms with van der Waals surface area (Å²) in [6, 6.07) is 9.01. The summed E-state index contributed by atoms with van der Waals surface area (Å²) in [7, 11) is 0.0411. The Bertz CT molecular complexity index is 866. The Morgan fingerprint density at radius 3 is 2.33 bits per heavy atom. The first-order valence-corrected chi connectivity index (χ1v) is 10.8.